The van der Waals surface area contributed by atoms with Crippen LogP contribution in [-0.4, -0.2) is 54.5 Å². The largest absolute Gasteiger partial charge is 0.390 e. The SMILES string of the molecule is CC1COCCCN1C(C)C(O)CN. The lowest BCUT2D eigenvalue weighted by molar-refractivity contribution is 0.0315. The van der Waals surface area contributed by atoms with Crippen LogP contribution in [-0.2, 0) is 4.74 Å². The van der Waals surface area contributed by atoms with Crippen LogP contribution in [0.25, 0.3) is 0 Å². The number of nitrogens with two attached hydrogens (primary N) is 1. The Bertz CT molecular complexity index is 166. The highest BCUT2D eigenvalue weighted by Crippen LogP contribution is 2.13. The first-order chi connectivity index (χ1) is 6.66. The van der Waals surface area contributed by atoms with E-state index in [1.165, 1.54) is 0 Å². The van der Waals surface area contributed by atoms with Crippen LogP contribution in [0.5, 0.6) is 0 Å². The van der Waals surface area contributed by atoms with Gasteiger partial charge in [-0.3, -0.25) is 4.90 Å². The molecule has 0 radical (unpaired) electrons. The molecule has 4 nitrogen and oxygen atoms in total. The summed E-state index contributed by atoms with van der Waals surface area (Å²) < 4.78 is 5.45. The molecule has 1 saturated heterocycles. The molecule has 0 amide bonds. The van der Waals surface area contributed by atoms with Crippen LogP contribution in [0.15, 0.2) is 0 Å². The van der Waals surface area contributed by atoms with Crippen molar-refractivity contribution in [2.45, 2.75) is 38.5 Å². The van der Waals surface area contributed by atoms with Gasteiger partial charge in [-0.15, -0.1) is 0 Å². The van der Waals surface area contributed by atoms with Crippen LogP contribution < -0.4 is 5.73 Å². The molecule has 0 aromatic heterocycles. The van der Waals surface area contributed by atoms with Gasteiger partial charge in [0.05, 0.1) is 12.7 Å². The summed E-state index contributed by atoms with van der Waals surface area (Å²) in [7, 11) is 0. The lowest BCUT2D eigenvalue weighted by Gasteiger charge is -2.34. The van der Waals surface area contributed by atoms with Crippen LogP contribution in [0.4, 0.5) is 0 Å². The van der Waals surface area contributed by atoms with Crippen molar-refractivity contribution in [1.29, 1.82) is 0 Å². The van der Waals surface area contributed by atoms with E-state index in [4.69, 9.17) is 10.5 Å². The maximum atomic E-state index is 9.68. The van der Waals surface area contributed by atoms with Gasteiger partial charge in [-0.1, -0.05) is 0 Å². The third-order valence-electron chi connectivity index (χ3n) is 2.95. The zero-order valence-electron chi connectivity index (χ0n) is 9.15. The molecule has 4 heteroatoms. The second-order valence-corrected chi connectivity index (χ2v) is 4.06. The molecule has 0 aromatic rings. The molecule has 1 aliphatic rings. The number of hydrogen-bond donors (Lipinski definition) is 2. The monoisotopic (exact) mass is 202 g/mol. The van der Waals surface area contributed by atoms with Gasteiger partial charge in [0.15, 0.2) is 0 Å². The maximum absolute atomic E-state index is 9.68. The molecule has 3 N–H and O–H groups in total. The highest BCUT2D eigenvalue weighted by Gasteiger charge is 2.26. The van der Waals surface area contributed by atoms with Crippen molar-refractivity contribution in [3.05, 3.63) is 0 Å². The molecule has 14 heavy (non-hydrogen) atoms. The lowest BCUT2D eigenvalue weighted by atomic mass is 10.1. The Kier molecular flexibility index (Phi) is 4.81. The quantitative estimate of drug-likeness (QED) is 0.666. The minimum Gasteiger partial charge on any atom is -0.390 e. The zero-order chi connectivity index (χ0) is 10.6. The fraction of sp³-hybridized carbons (Fsp3) is 1.00. The van der Waals surface area contributed by atoms with Gasteiger partial charge in [-0.05, 0) is 20.3 Å². The molecule has 1 rings (SSSR count). The first kappa shape index (κ1) is 11.9. The molecule has 0 aliphatic carbocycles. The van der Waals surface area contributed by atoms with Crippen molar-refractivity contribution < 1.29 is 9.84 Å². The maximum Gasteiger partial charge on any atom is 0.0814 e. The average Bonchev–Trinajstić information content (AvgIpc) is 2.40. The summed E-state index contributed by atoms with van der Waals surface area (Å²) in [5.74, 6) is 0. The molecule has 84 valence electrons. The van der Waals surface area contributed by atoms with Crippen molar-refractivity contribution in [2.24, 2.45) is 5.73 Å². The molecule has 0 bridgehead atoms. The molecule has 0 aromatic carbocycles. The molecular formula is C10H22N2O2. The Labute approximate surface area is 86.0 Å². The molecule has 3 unspecified atom stereocenters. The van der Waals surface area contributed by atoms with Gasteiger partial charge in [0.25, 0.3) is 0 Å². The minimum absolute atomic E-state index is 0.122. The van der Waals surface area contributed by atoms with Crippen LogP contribution >= 0.6 is 0 Å². The minimum atomic E-state index is -0.435. The van der Waals surface area contributed by atoms with E-state index in [-0.39, 0.29) is 6.04 Å². The van der Waals surface area contributed by atoms with E-state index in [9.17, 15) is 5.11 Å². The molecule has 1 heterocycles. The van der Waals surface area contributed by atoms with E-state index in [0.29, 0.717) is 12.6 Å². The van der Waals surface area contributed by atoms with Crippen LogP contribution in [0.2, 0.25) is 0 Å². The lowest BCUT2D eigenvalue weighted by Crippen LogP contribution is -2.49. The second-order valence-electron chi connectivity index (χ2n) is 4.06. The third-order valence-corrected chi connectivity index (χ3v) is 2.95. The van der Waals surface area contributed by atoms with Crippen molar-refractivity contribution in [2.75, 3.05) is 26.3 Å². The fourth-order valence-electron chi connectivity index (χ4n) is 1.94. The predicted molar refractivity (Wildman–Crippen MR) is 56.1 cm³/mol. The summed E-state index contributed by atoms with van der Waals surface area (Å²) >= 11 is 0. The highest BCUT2D eigenvalue weighted by molar-refractivity contribution is 4.80. The normalized spacial score (nSPS) is 29.6. The Morgan fingerprint density at radius 3 is 3.00 bits per heavy atom. The number of rotatable bonds is 3. The van der Waals surface area contributed by atoms with E-state index >= 15 is 0 Å². The Morgan fingerprint density at radius 2 is 2.36 bits per heavy atom. The summed E-state index contributed by atoms with van der Waals surface area (Å²) in [4.78, 5) is 2.28. The molecule has 1 fully saturated rings. The number of ether oxygens (including phenoxy) is 1. The summed E-state index contributed by atoms with van der Waals surface area (Å²) in [6.07, 6.45) is 0.599. The summed E-state index contributed by atoms with van der Waals surface area (Å²) in [5, 5.41) is 9.68. The van der Waals surface area contributed by atoms with Crippen molar-refractivity contribution in [1.82, 2.24) is 4.90 Å². The molecule has 1 aliphatic heterocycles. The molecule has 3 atom stereocenters. The number of aliphatic hydroxyl groups is 1. The van der Waals surface area contributed by atoms with E-state index in [1.54, 1.807) is 0 Å². The van der Waals surface area contributed by atoms with Gasteiger partial charge in [0.2, 0.25) is 0 Å². The van der Waals surface area contributed by atoms with E-state index in [0.717, 1.165) is 26.2 Å². The third kappa shape index (κ3) is 2.92. The van der Waals surface area contributed by atoms with Crippen LogP contribution in [0, 0.1) is 0 Å². The summed E-state index contributed by atoms with van der Waals surface area (Å²) in [6, 6.07) is 0.491. The molecule has 0 saturated carbocycles. The van der Waals surface area contributed by atoms with E-state index < -0.39 is 6.10 Å². The topological polar surface area (TPSA) is 58.7 Å². The van der Waals surface area contributed by atoms with Gasteiger partial charge < -0.3 is 15.6 Å². The first-order valence-corrected chi connectivity index (χ1v) is 5.38. The standard InChI is InChI=1S/C10H22N2O2/c1-8-7-14-5-3-4-12(8)9(2)10(13)6-11/h8-10,13H,3-7,11H2,1-2H3. The molecular weight excluding hydrogens is 180 g/mol. The number of hydrogen-bond acceptors (Lipinski definition) is 4. The average molecular weight is 202 g/mol. The van der Waals surface area contributed by atoms with Gasteiger partial charge in [0.1, 0.15) is 0 Å². The van der Waals surface area contributed by atoms with Gasteiger partial charge >= 0.3 is 0 Å². The Balaban J connectivity index is 2.53. The van der Waals surface area contributed by atoms with Gasteiger partial charge in [-0.2, -0.15) is 0 Å². The molecule has 0 spiro atoms. The fourth-order valence-corrected chi connectivity index (χ4v) is 1.94. The van der Waals surface area contributed by atoms with Crippen LogP contribution in [0.3, 0.4) is 0 Å². The first-order valence-electron chi connectivity index (χ1n) is 5.38. The van der Waals surface area contributed by atoms with Gasteiger partial charge in [-0.25, -0.2) is 0 Å². The summed E-state index contributed by atoms with van der Waals surface area (Å²) in [5.41, 5.74) is 5.46. The van der Waals surface area contributed by atoms with Crippen molar-refractivity contribution in [3.63, 3.8) is 0 Å². The van der Waals surface area contributed by atoms with Crippen molar-refractivity contribution in [3.8, 4) is 0 Å². The summed E-state index contributed by atoms with van der Waals surface area (Å²) in [6.45, 7) is 7.04. The van der Waals surface area contributed by atoms with E-state index in [2.05, 4.69) is 11.8 Å². The zero-order valence-corrected chi connectivity index (χ0v) is 9.15. The van der Waals surface area contributed by atoms with E-state index in [1.807, 2.05) is 6.92 Å². The number of nitrogens with zero attached hydrogens (tertiary/aromatic N) is 1. The van der Waals surface area contributed by atoms with Crippen molar-refractivity contribution >= 4 is 0 Å². The second kappa shape index (κ2) is 5.66. The Hall–Kier alpha value is -0.160. The van der Waals surface area contributed by atoms with Crippen LogP contribution in [0.1, 0.15) is 20.3 Å². The van der Waals surface area contributed by atoms with Gasteiger partial charge in [0, 0.05) is 31.8 Å². The smallest absolute Gasteiger partial charge is 0.0814 e. The Morgan fingerprint density at radius 1 is 1.64 bits per heavy atom. The highest BCUT2D eigenvalue weighted by atomic mass is 16.5. The predicted octanol–water partition coefficient (Wildman–Crippen LogP) is -0.195. The number of aliphatic hydroxyl groups excluding tert-OH is 1.